The third-order valence-electron chi connectivity index (χ3n) is 5.07. The molecule has 4 aromatic rings. The Balaban J connectivity index is 1.22. The summed E-state index contributed by atoms with van der Waals surface area (Å²) < 4.78 is 19.5. The predicted octanol–water partition coefficient (Wildman–Crippen LogP) is 1.79. The fourth-order valence-corrected chi connectivity index (χ4v) is 3.58. The van der Waals surface area contributed by atoms with E-state index in [1.54, 1.807) is 24.3 Å². The van der Waals surface area contributed by atoms with E-state index in [9.17, 15) is 14.0 Å². The van der Waals surface area contributed by atoms with Crippen molar-refractivity contribution in [3.05, 3.63) is 52.3 Å². The summed E-state index contributed by atoms with van der Waals surface area (Å²) in [4.78, 5) is 39.2. The minimum Gasteiger partial charge on any atom is -0.423 e. The minimum atomic E-state index is -0.409. The quantitative estimate of drug-likeness (QED) is 0.484. The average Bonchev–Trinajstić information content (AvgIpc) is 3.42. The minimum absolute atomic E-state index is 0.203. The molecule has 1 aromatic carbocycles. The van der Waals surface area contributed by atoms with E-state index in [0.717, 1.165) is 6.42 Å². The van der Waals surface area contributed by atoms with E-state index in [-0.39, 0.29) is 28.7 Å². The summed E-state index contributed by atoms with van der Waals surface area (Å²) in [6, 6.07) is 8.22. The van der Waals surface area contributed by atoms with Crippen molar-refractivity contribution in [1.29, 1.82) is 0 Å². The highest BCUT2D eigenvalue weighted by molar-refractivity contribution is 5.94. The molecule has 29 heavy (non-hydrogen) atoms. The second-order valence-corrected chi connectivity index (χ2v) is 7.07. The van der Waals surface area contributed by atoms with Crippen LogP contribution in [0.2, 0.25) is 0 Å². The maximum absolute atomic E-state index is 13.8. The number of aromatic nitrogens is 4. The molecule has 5 rings (SSSR count). The molecule has 3 aromatic heterocycles. The number of rotatable bonds is 4. The van der Waals surface area contributed by atoms with Gasteiger partial charge in [-0.3, -0.25) is 9.78 Å². The van der Waals surface area contributed by atoms with E-state index < -0.39 is 5.82 Å². The summed E-state index contributed by atoms with van der Waals surface area (Å²) in [7, 11) is 0. The molecule has 9 nitrogen and oxygen atoms in total. The third kappa shape index (κ3) is 3.22. The molecule has 1 amide bonds. The van der Waals surface area contributed by atoms with E-state index in [1.165, 1.54) is 6.07 Å². The third-order valence-corrected chi connectivity index (χ3v) is 5.07. The van der Waals surface area contributed by atoms with Gasteiger partial charge in [0, 0.05) is 19.6 Å². The number of oxazole rings is 1. The van der Waals surface area contributed by atoms with Crippen LogP contribution < -0.4 is 15.9 Å². The van der Waals surface area contributed by atoms with E-state index in [4.69, 9.17) is 4.42 Å². The smallest absolute Gasteiger partial charge is 0.325 e. The Morgan fingerprint density at radius 2 is 2.17 bits per heavy atom. The number of H-pyrrole nitrogens is 2. The molecule has 1 atom stereocenters. The van der Waals surface area contributed by atoms with Gasteiger partial charge in [-0.1, -0.05) is 6.07 Å². The molecule has 0 radical (unpaired) electrons. The fourth-order valence-electron chi connectivity index (χ4n) is 3.58. The number of hydrogen-bond donors (Lipinski definition) is 3. The van der Waals surface area contributed by atoms with E-state index in [0.29, 0.717) is 42.4 Å². The molecule has 1 unspecified atom stereocenters. The number of pyridine rings is 1. The number of benzene rings is 1. The average molecular weight is 396 g/mol. The molecular weight excluding hydrogens is 379 g/mol. The second-order valence-electron chi connectivity index (χ2n) is 7.07. The zero-order valence-electron chi connectivity index (χ0n) is 15.2. The van der Waals surface area contributed by atoms with Crippen molar-refractivity contribution in [2.45, 2.75) is 6.42 Å². The zero-order valence-corrected chi connectivity index (χ0v) is 15.2. The van der Waals surface area contributed by atoms with Crippen LogP contribution in [0.4, 0.5) is 10.4 Å². The van der Waals surface area contributed by atoms with Gasteiger partial charge in [0.25, 0.3) is 11.9 Å². The van der Waals surface area contributed by atoms with Crippen LogP contribution in [0.25, 0.3) is 22.3 Å². The largest absolute Gasteiger partial charge is 0.423 e. The molecule has 1 fully saturated rings. The highest BCUT2D eigenvalue weighted by atomic mass is 19.1. The highest BCUT2D eigenvalue weighted by Crippen LogP contribution is 2.27. The van der Waals surface area contributed by atoms with Gasteiger partial charge in [0.2, 0.25) is 0 Å². The second kappa shape index (κ2) is 6.73. The molecule has 0 spiro atoms. The molecule has 1 aliphatic heterocycles. The topological polar surface area (TPSA) is 120 Å². The van der Waals surface area contributed by atoms with Crippen LogP contribution in [0.5, 0.6) is 0 Å². The lowest BCUT2D eigenvalue weighted by Gasteiger charge is -2.14. The number of nitrogens with one attached hydrogen (secondary N) is 3. The first-order chi connectivity index (χ1) is 14.1. The first-order valence-corrected chi connectivity index (χ1v) is 9.24. The summed E-state index contributed by atoms with van der Waals surface area (Å²) in [6.07, 6.45) is 0.846. The summed E-state index contributed by atoms with van der Waals surface area (Å²) in [6.45, 7) is 1.82. The van der Waals surface area contributed by atoms with E-state index >= 15 is 0 Å². The molecule has 10 heteroatoms. The Labute approximate surface area is 162 Å². The standard InChI is InChI=1S/C19H17FN6O3/c20-11-2-1-3-14-15(11)24-19(29-14)26-7-6-10(9-26)8-21-17(27)13-5-4-12-16(22-13)25-18(28)23-12/h1-5,10H,6-9H2,(H,21,27)(H2,22,23,25,28). The van der Waals surface area contributed by atoms with Crippen LogP contribution in [-0.4, -0.2) is 45.5 Å². The molecule has 1 aliphatic rings. The molecule has 0 saturated carbocycles. The highest BCUT2D eigenvalue weighted by Gasteiger charge is 2.27. The van der Waals surface area contributed by atoms with Crippen molar-refractivity contribution in [3.8, 4) is 0 Å². The Bertz CT molecular complexity index is 1280. The molecule has 148 valence electrons. The van der Waals surface area contributed by atoms with Gasteiger partial charge in [-0.05, 0) is 36.6 Å². The lowest BCUT2D eigenvalue weighted by atomic mass is 10.1. The molecule has 4 heterocycles. The zero-order chi connectivity index (χ0) is 20.0. The predicted molar refractivity (Wildman–Crippen MR) is 103 cm³/mol. The number of carbonyl (C=O) groups excluding carboxylic acids is 1. The van der Waals surface area contributed by atoms with E-state index in [2.05, 4.69) is 25.3 Å². The van der Waals surface area contributed by atoms with E-state index in [1.807, 2.05) is 4.90 Å². The lowest BCUT2D eigenvalue weighted by Crippen LogP contribution is -2.31. The lowest BCUT2D eigenvalue weighted by molar-refractivity contribution is 0.0943. The normalized spacial score (nSPS) is 16.7. The first kappa shape index (κ1) is 17.4. The number of halogens is 1. The van der Waals surface area contributed by atoms with Crippen LogP contribution in [0.15, 0.2) is 39.5 Å². The Morgan fingerprint density at radius 1 is 1.28 bits per heavy atom. The molecule has 0 aliphatic carbocycles. The Kier molecular flexibility index (Phi) is 4.04. The maximum Gasteiger partial charge on any atom is 0.325 e. The maximum atomic E-state index is 13.8. The number of nitrogens with zero attached hydrogens (tertiary/aromatic N) is 3. The SMILES string of the molecule is O=C(NCC1CCN(c2nc3c(F)cccc3o2)C1)c1ccc2[nH]c(=O)[nH]c2n1. The molecule has 1 saturated heterocycles. The van der Waals surface area contributed by atoms with Gasteiger partial charge in [-0.25, -0.2) is 14.2 Å². The molecule has 3 N–H and O–H groups in total. The summed E-state index contributed by atoms with van der Waals surface area (Å²) in [5.41, 5.74) is 1.40. The number of para-hydroxylation sites is 1. The Hall–Kier alpha value is -3.69. The van der Waals surface area contributed by atoms with Gasteiger partial charge >= 0.3 is 5.69 Å². The van der Waals surface area contributed by atoms with Gasteiger partial charge < -0.3 is 19.6 Å². The first-order valence-electron chi connectivity index (χ1n) is 9.24. The number of hydrogen-bond acceptors (Lipinski definition) is 6. The van der Waals surface area contributed by atoms with Gasteiger partial charge in [0.1, 0.15) is 11.2 Å². The number of imidazole rings is 1. The van der Waals surface area contributed by atoms with Crippen molar-refractivity contribution >= 4 is 34.2 Å². The van der Waals surface area contributed by atoms with Crippen molar-refractivity contribution in [2.24, 2.45) is 5.92 Å². The summed E-state index contributed by atoms with van der Waals surface area (Å²) in [5.74, 6) is -0.514. The fraction of sp³-hybridized carbons (Fsp3) is 0.263. The van der Waals surface area contributed by atoms with Crippen molar-refractivity contribution in [2.75, 3.05) is 24.5 Å². The van der Waals surface area contributed by atoms with Crippen LogP contribution in [0, 0.1) is 11.7 Å². The van der Waals surface area contributed by atoms with Gasteiger partial charge in [-0.15, -0.1) is 0 Å². The van der Waals surface area contributed by atoms with Gasteiger partial charge in [0.05, 0.1) is 5.52 Å². The number of amides is 1. The molecular formula is C19H17FN6O3. The number of aromatic amines is 2. The van der Waals surface area contributed by atoms with Gasteiger partial charge in [0.15, 0.2) is 17.0 Å². The summed E-state index contributed by atoms with van der Waals surface area (Å²) in [5, 5.41) is 2.88. The monoisotopic (exact) mass is 396 g/mol. The van der Waals surface area contributed by atoms with Crippen LogP contribution in [0.1, 0.15) is 16.9 Å². The van der Waals surface area contributed by atoms with Crippen LogP contribution in [-0.2, 0) is 0 Å². The Morgan fingerprint density at radius 3 is 3.03 bits per heavy atom. The number of carbonyl (C=O) groups is 1. The van der Waals surface area contributed by atoms with Crippen molar-refractivity contribution in [1.82, 2.24) is 25.3 Å². The van der Waals surface area contributed by atoms with Crippen LogP contribution >= 0.6 is 0 Å². The van der Waals surface area contributed by atoms with Crippen molar-refractivity contribution in [3.63, 3.8) is 0 Å². The number of anilines is 1. The summed E-state index contributed by atoms with van der Waals surface area (Å²) >= 11 is 0. The van der Waals surface area contributed by atoms with Gasteiger partial charge in [-0.2, -0.15) is 4.98 Å². The van der Waals surface area contributed by atoms with Crippen molar-refractivity contribution < 1.29 is 13.6 Å². The number of fused-ring (bicyclic) bond motifs is 2. The van der Waals surface area contributed by atoms with Crippen LogP contribution in [0.3, 0.4) is 0 Å². The molecule has 0 bridgehead atoms.